The molecule has 0 spiro atoms. The van der Waals surface area contributed by atoms with Crippen molar-refractivity contribution in [1.29, 1.82) is 0 Å². The highest BCUT2D eigenvalue weighted by Crippen LogP contribution is 2.22. The second-order valence-corrected chi connectivity index (χ2v) is 6.19. The van der Waals surface area contributed by atoms with Gasteiger partial charge in [-0.05, 0) is 51.5 Å². The summed E-state index contributed by atoms with van der Waals surface area (Å²) in [5.74, 6) is -1.06. The maximum atomic E-state index is 13.8. The van der Waals surface area contributed by atoms with Gasteiger partial charge in [-0.25, -0.2) is 13.6 Å². The van der Waals surface area contributed by atoms with E-state index in [2.05, 4.69) is 10.4 Å². The molecule has 0 aliphatic rings. The zero-order valence-corrected chi connectivity index (χ0v) is 15.0. The summed E-state index contributed by atoms with van der Waals surface area (Å²) in [6.07, 6.45) is 0.726. The Labute approximate surface area is 146 Å². The lowest BCUT2D eigenvalue weighted by Gasteiger charge is -2.26. The number of nitrogens with one attached hydrogen (secondary N) is 1. The van der Waals surface area contributed by atoms with Crippen LogP contribution in [0.4, 0.5) is 13.6 Å². The van der Waals surface area contributed by atoms with Crippen molar-refractivity contribution in [3.63, 3.8) is 0 Å². The maximum absolute atomic E-state index is 13.8. The normalized spacial score (nSPS) is 12.1. The molecule has 5 nitrogen and oxygen atoms in total. The summed E-state index contributed by atoms with van der Waals surface area (Å²) in [6, 6.07) is 4.34. The highest BCUT2D eigenvalue weighted by atomic mass is 19.1. The summed E-state index contributed by atoms with van der Waals surface area (Å²) < 4.78 is 29.1. The van der Waals surface area contributed by atoms with E-state index in [-0.39, 0.29) is 11.6 Å². The van der Waals surface area contributed by atoms with Crippen molar-refractivity contribution in [2.45, 2.75) is 39.8 Å². The van der Waals surface area contributed by atoms with Gasteiger partial charge in [0.15, 0.2) is 0 Å². The predicted octanol–water partition coefficient (Wildman–Crippen LogP) is 3.57. The quantitative estimate of drug-likeness (QED) is 0.810. The lowest BCUT2D eigenvalue weighted by Crippen LogP contribution is -2.39. The summed E-state index contributed by atoms with van der Waals surface area (Å²) in [5.41, 5.74) is 2.20. The van der Waals surface area contributed by atoms with Gasteiger partial charge in [-0.1, -0.05) is 0 Å². The van der Waals surface area contributed by atoms with Crippen molar-refractivity contribution in [3.8, 4) is 0 Å². The summed E-state index contributed by atoms with van der Waals surface area (Å²) >= 11 is 0. The fourth-order valence-electron chi connectivity index (χ4n) is 2.67. The molecule has 0 saturated heterocycles. The molecule has 0 bridgehead atoms. The van der Waals surface area contributed by atoms with E-state index in [1.165, 1.54) is 4.90 Å². The number of carbonyl (C=O) groups is 1. The van der Waals surface area contributed by atoms with Crippen molar-refractivity contribution in [2.24, 2.45) is 0 Å². The molecule has 136 valence electrons. The van der Waals surface area contributed by atoms with E-state index in [9.17, 15) is 13.6 Å². The molecular formula is C18H24F2N4O. The minimum absolute atomic E-state index is 0.153. The molecular weight excluding hydrogens is 326 g/mol. The van der Waals surface area contributed by atoms with Gasteiger partial charge >= 0.3 is 6.03 Å². The van der Waals surface area contributed by atoms with Crippen LogP contribution in [0.5, 0.6) is 0 Å². The molecule has 0 unspecified atom stereocenters. The van der Waals surface area contributed by atoms with E-state index < -0.39 is 17.7 Å². The molecule has 2 aromatic rings. The fourth-order valence-corrected chi connectivity index (χ4v) is 2.67. The number of halogens is 2. The number of nitrogens with zero attached hydrogens (tertiary/aromatic N) is 3. The number of aryl methyl sites for hydroxylation is 3. The first-order valence-corrected chi connectivity index (χ1v) is 8.26. The van der Waals surface area contributed by atoms with Crippen molar-refractivity contribution >= 4 is 6.03 Å². The van der Waals surface area contributed by atoms with E-state index >= 15 is 0 Å². The molecule has 2 rings (SSSR count). The summed E-state index contributed by atoms with van der Waals surface area (Å²) in [5, 5.41) is 7.16. The third kappa shape index (κ3) is 4.78. The molecule has 0 aliphatic heterocycles. The van der Waals surface area contributed by atoms with Crippen molar-refractivity contribution < 1.29 is 13.6 Å². The van der Waals surface area contributed by atoms with Crippen LogP contribution >= 0.6 is 0 Å². The molecule has 0 aliphatic carbocycles. The fraction of sp³-hybridized carbons (Fsp3) is 0.444. The maximum Gasteiger partial charge on any atom is 0.317 e. The van der Waals surface area contributed by atoms with Crippen molar-refractivity contribution in [3.05, 3.63) is 52.9 Å². The lowest BCUT2D eigenvalue weighted by molar-refractivity contribution is 0.193. The second-order valence-electron chi connectivity index (χ2n) is 6.19. The minimum Gasteiger partial charge on any atom is -0.338 e. The number of hydrogen-bond acceptors (Lipinski definition) is 2. The van der Waals surface area contributed by atoms with Crippen LogP contribution in [-0.4, -0.2) is 34.3 Å². The topological polar surface area (TPSA) is 50.2 Å². The van der Waals surface area contributed by atoms with Gasteiger partial charge in [-0.3, -0.25) is 4.68 Å². The average Bonchev–Trinajstić information content (AvgIpc) is 2.89. The lowest BCUT2D eigenvalue weighted by atomic mass is 10.1. The third-order valence-corrected chi connectivity index (χ3v) is 4.24. The number of rotatable bonds is 6. The molecule has 1 heterocycles. The largest absolute Gasteiger partial charge is 0.338 e. The molecule has 1 N–H and O–H groups in total. The van der Waals surface area contributed by atoms with Gasteiger partial charge in [0, 0.05) is 31.4 Å². The van der Waals surface area contributed by atoms with Crippen LogP contribution in [0.2, 0.25) is 0 Å². The molecule has 1 aromatic heterocycles. The number of carbonyl (C=O) groups excluding carboxylic acids is 1. The highest BCUT2D eigenvalue weighted by molar-refractivity contribution is 5.74. The smallest absolute Gasteiger partial charge is 0.317 e. The van der Waals surface area contributed by atoms with E-state index in [4.69, 9.17) is 0 Å². The van der Waals surface area contributed by atoms with Crippen LogP contribution in [0.3, 0.4) is 0 Å². The predicted molar refractivity (Wildman–Crippen MR) is 92.3 cm³/mol. The van der Waals surface area contributed by atoms with E-state index in [0.29, 0.717) is 13.1 Å². The average molecular weight is 350 g/mol. The van der Waals surface area contributed by atoms with E-state index in [1.54, 1.807) is 14.0 Å². The van der Waals surface area contributed by atoms with Gasteiger partial charge in [0.2, 0.25) is 0 Å². The van der Waals surface area contributed by atoms with Crippen LogP contribution in [0.15, 0.2) is 24.3 Å². The first kappa shape index (κ1) is 18.9. The van der Waals surface area contributed by atoms with Gasteiger partial charge in [0.25, 0.3) is 0 Å². The zero-order valence-electron chi connectivity index (χ0n) is 15.0. The van der Waals surface area contributed by atoms with Crippen LogP contribution in [-0.2, 0) is 6.54 Å². The molecule has 0 fully saturated rings. The van der Waals surface area contributed by atoms with Gasteiger partial charge < -0.3 is 10.2 Å². The monoisotopic (exact) mass is 350 g/mol. The van der Waals surface area contributed by atoms with Crippen molar-refractivity contribution in [2.75, 3.05) is 13.6 Å². The Morgan fingerprint density at radius 2 is 2.04 bits per heavy atom. The van der Waals surface area contributed by atoms with Crippen molar-refractivity contribution in [1.82, 2.24) is 20.0 Å². The number of amides is 2. The Morgan fingerprint density at radius 1 is 1.32 bits per heavy atom. The Balaban J connectivity index is 1.85. The van der Waals surface area contributed by atoms with E-state index in [1.807, 2.05) is 24.6 Å². The Kier molecular flexibility index (Phi) is 6.12. The molecule has 25 heavy (non-hydrogen) atoms. The number of aromatic nitrogens is 2. The van der Waals surface area contributed by atoms with Crippen LogP contribution in [0.25, 0.3) is 0 Å². The minimum atomic E-state index is -0.577. The Bertz CT molecular complexity index is 745. The first-order valence-electron chi connectivity index (χ1n) is 8.26. The molecule has 0 radical (unpaired) electrons. The van der Waals surface area contributed by atoms with Gasteiger partial charge in [-0.2, -0.15) is 5.10 Å². The number of benzene rings is 1. The van der Waals surface area contributed by atoms with Gasteiger partial charge in [-0.15, -0.1) is 0 Å². The standard InChI is InChI=1S/C18H24F2N4O/c1-12-10-13(2)24(22-12)9-5-8-21-18(25)23(4)14(3)16-11-15(19)6-7-17(16)20/h6-7,10-11,14H,5,8-9H2,1-4H3,(H,21,25)/t14-/m0/s1. The molecule has 0 saturated carbocycles. The molecule has 1 aromatic carbocycles. The summed E-state index contributed by atoms with van der Waals surface area (Å²) in [6.45, 7) is 6.76. The highest BCUT2D eigenvalue weighted by Gasteiger charge is 2.20. The van der Waals surface area contributed by atoms with Crippen LogP contribution in [0.1, 0.15) is 36.3 Å². The Morgan fingerprint density at radius 3 is 2.68 bits per heavy atom. The number of urea groups is 1. The first-order chi connectivity index (χ1) is 11.8. The van der Waals surface area contributed by atoms with Gasteiger partial charge in [0.1, 0.15) is 11.6 Å². The van der Waals surface area contributed by atoms with Crippen LogP contribution < -0.4 is 5.32 Å². The molecule has 2 amide bonds. The Hall–Kier alpha value is -2.44. The summed E-state index contributed by atoms with van der Waals surface area (Å²) in [4.78, 5) is 13.6. The van der Waals surface area contributed by atoms with Gasteiger partial charge in [0.05, 0.1) is 11.7 Å². The van der Waals surface area contributed by atoms with Crippen LogP contribution in [0, 0.1) is 25.5 Å². The van der Waals surface area contributed by atoms with E-state index in [0.717, 1.165) is 36.0 Å². The zero-order chi connectivity index (χ0) is 18.6. The molecule has 1 atom stereocenters. The molecule has 7 heteroatoms. The SMILES string of the molecule is Cc1cc(C)n(CCCNC(=O)N(C)[C@@H](C)c2cc(F)ccc2F)n1. The third-order valence-electron chi connectivity index (χ3n) is 4.24. The number of hydrogen-bond donors (Lipinski definition) is 1. The summed E-state index contributed by atoms with van der Waals surface area (Å²) in [7, 11) is 1.56. The second kappa shape index (κ2) is 8.09.